The summed E-state index contributed by atoms with van der Waals surface area (Å²) in [4.78, 5) is 19.1. The maximum absolute atomic E-state index is 12.5. The molecule has 0 aliphatic heterocycles. The third-order valence-corrected chi connectivity index (χ3v) is 5.13. The lowest BCUT2D eigenvalue weighted by atomic mass is 10.1. The third-order valence-electron chi connectivity index (χ3n) is 5.13. The fourth-order valence-corrected chi connectivity index (χ4v) is 3.52. The van der Waals surface area contributed by atoms with Gasteiger partial charge in [0.05, 0.1) is 11.1 Å². The second-order valence-electron chi connectivity index (χ2n) is 6.76. The number of anilines is 1. The van der Waals surface area contributed by atoms with E-state index in [0.717, 1.165) is 29.5 Å². The molecule has 1 N–H and O–H groups in total. The second kappa shape index (κ2) is 7.80. The summed E-state index contributed by atoms with van der Waals surface area (Å²) in [6.45, 7) is 6.08. The van der Waals surface area contributed by atoms with Crippen LogP contribution in [0, 0.1) is 0 Å². The summed E-state index contributed by atoms with van der Waals surface area (Å²) in [7, 11) is 0. The number of hydrogen-bond acceptors (Lipinski definition) is 5. The highest BCUT2D eigenvalue weighted by Gasteiger charge is 2.14. The molecule has 4 aromatic rings. The van der Waals surface area contributed by atoms with Gasteiger partial charge in [0.25, 0.3) is 0 Å². The zero-order valence-corrected chi connectivity index (χ0v) is 16.4. The van der Waals surface area contributed by atoms with Gasteiger partial charge in [-0.2, -0.15) is 0 Å². The molecule has 0 aliphatic carbocycles. The molecule has 0 saturated carbocycles. The van der Waals surface area contributed by atoms with Crippen molar-refractivity contribution in [2.24, 2.45) is 4.99 Å². The predicted molar refractivity (Wildman–Crippen MR) is 119 cm³/mol. The fraction of sp³-hybridized carbons (Fsp3) is 0.167. The number of aliphatic imine (C=N–C) groups is 1. The predicted octanol–water partition coefficient (Wildman–Crippen LogP) is 5.25. The quantitative estimate of drug-likeness (QED) is 0.289. The van der Waals surface area contributed by atoms with Crippen molar-refractivity contribution in [3.05, 3.63) is 76.6 Å². The summed E-state index contributed by atoms with van der Waals surface area (Å²) in [6.07, 6.45) is 1.36. The van der Waals surface area contributed by atoms with Gasteiger partial charge in [-0.05, 0) is 49.6 Å². The first kappa shape index (κ1) is 18.7. The molecule has 0 spiro atoms. The summed E-state index contributed by atoms with van der Waals surface area (Å²) in [5, 5.41) is 12.9. The standard InChI is InChI=1S/C24H22N2O3/c1-3-26(4-2)18-12-10-17(11-13-18)25-15-21-22(27)20-14-9-16-7-5-6-8-19(16)23(20)29-24(21)28/h5-15,27H,3-4H2,1-2H3. The van der Waals surface area contributed by atoms with E-state index in [4.69, 9.17) is 4.42 Å². The van der Waals surface area contributed by atoms with E-state index in [1.807, 2.05) is 54.6 Å². The average molecular weight is 386 g/mol. The summed E-state index contributed by atoms with van der Waals surface area (Å²) < 4.78 is 5.54. The van der Waals surface area contributed by atoms with Gasteiger partial charge in [-0.15, -0.1) is 0 Å². The smallest absolute Gasteiger partial charge is 0.348 e. The maximum atomic E-state index is 12.5. The SMILES string of the molecule is CCN(CC)c1ccc(N=Cc2c(O)c3ccc4ccccc4c3oc2=O)cc1. The molecular weight excluding hydrogens is 364 g/mol. The molecule has 146 valence electrons. The number of rotatable bonds is 5. The Morgan fingerprint density at radius 3 is 2.41 bits per heavy atom. The van der Waals surface area contributed by atoms with Gasteiger partial charge < -0.3 is 14.4 Å². The number of fused-ring (bicyclic) bond motifs is 3. The maximum Gasteiger partial charge on any atom is 0.348 e. The molecule has 1 heterocycles. The number of aromatic hydroxyl groups is 1. The Morgan fingerprint density at radius 1 is 0.966 bits per heavy atom. The van der Waals surface area contributed by atoms with Crippen LogP contribution in [0.3, 0.4) is 0 Å². The summed E-state index contributed by atoms with van der Waals surface area (Å²) in [5.41, 5.74) is 1.62. The van der Waals surface area contributed by atoms with Gasteiger partial charge in [-0.3, -0.25) is 4.99 Å². The van der Waals surface area contributed by atoms with Crippen molar-refractivity contribution in [3.8, 4) is 5.75 Å². The van der Waals surface area contributed by atoms with Crippen LogP contribution in [0.1, 0.15) is 19.4 Å². The van der Waals surface area contributed by atoms with Gasteiger partial charge in [0.15, 0.2) is 0 Å². The van der Waals surface area contributed by atoms with Crippen LogP contribution in [-0.4, -0.2) is 24.4 Å². The molecule has 1 aromatic heterocycles. The largest absolute Gasteiger partial charge is 0.506 e. The normalized spacial score (nSPS) is 11.5. The van der Waals surface area contributed by atoms with Crippen LogP contribution >= 0.6 is 0 Å². The van der Waals surface area contributed by atoms with Crippen LogP contribution in [0.5, 0.6) is 5.75 Å². The Morgan fingerprint density at radius 2 is 1.69 bits per heavy atom. The van der Waals surface area contributed by atoms with Gasteiger partial charge in [-0.25, -0.2) is 4.79 Å². The Bertz CT molecular complexity index is 1250. The summed E-state index contributed by atoms with van der Waals surface area (Å²) in [6, 6.07) is 19.0. The monoisotopic (exact) mass is 386 g/mol. The minimum Gasteiger partial charge on any atom is -0.506 e. The van der Waals surface area contributed by atoms with E-state index in [0.29, 0.717) is 16.7 Å². The lowest BCUT2D eigenvalue weighted by Gasteiger charge is -2.20. The number of hydrogen-bond donors (Lipinski definition) is 1. The van der Waals surface area contributed by atoms with Crippen LogP contribution in [0.4, 0.5) is 11.4 Å². The summed E-state index contributed by atoms with van der Waals surface area (Å²) >= 11 is 0. The number of benzene rings is 3. The van der Waals surface area contributed by atoms with Gasteiger partial charge in [-0.1, -0.05) is 30.3 Å². The lowest BCUT2D eigenvalue weighted by Crippen LogP contribution is -2.21. The van der Waals surface area contributed by atoms with E-state index >= 15 is 0 Å². The Kier molecular flexibility index (Phi) is 5.04. The molecule has 29 heavy (non-hydrogen) atoms. The van der Waals surface area contributed by atoms with Gasteiger partial charge in [0.2, 0.25) is 0 Å². The highest BCUT2D eigenvalue weighted by molar-refractivity contribution is 6.07. The Labute approximate surface area is 168 Å². The van der Waals surface area contributed by atoms with Crippen molar-refractivity contribution in [1.82, 2.24) is 0 Å². The molecule has 5 nitrogen and oxygen atoms in total. The van der Waals surface area contributed by atoms with Crippen molar-refractivity contribution in [3.63, 3.8) is 0 Å². The molecule has 0 unspecified atom stereocenters. The zero-order chi connectivity index (χ0) is 20.4. The number of nitrogens with zero attached hydrogens (tertiary/aromatic N) is 2. The van der Waals surface area contributed by atoms with Crippen LogP contribution in [0.15, 0.2) is 74.9 Å². The van der Waals surface area contributed by atoms with Crippen molar-refractivity contribution >= 4 is 39.3 Å². The molecule has 4 rings (SSSR count). The molecule has 0 amide bonds. The Balaban J connectivity index is 1.73. The molecule has 0 radical (unpaired) electrons. The molecule has 0 bridgehead atoms. The van der Waals surface area contributed by atoms with Gasteiger partial charge in [0.1, 0.15) is 16.9 Å². The van der Waals surface area contributed by atoms with E-state index in [9.17, 15) is 9.90 Å². The van der Waals surface area contributed by atoms with Gasteiger partial charge in [0, 0.05) is 30.4 Å². The second-order valence-corrected chi connectivity index (χ2v) is 6.76. The first-order valence-electron chi connectivity index (χ1n) is 9.69. The zero-order valence-electron chi connectivity index (χ0n) is 16.4. The molecule has 0 fully saturated rings. The molecular formula is C24H22N2O3. The highest BCUT2D eigenvalue weighted by Crippen LogP contribution is 2.31. The van der Waals surface area contributed by atoms with Crippen molar-refractivity contribution in [1.29, 1.82) is 0 Å². The van der Waals surface area contributed by atoms with Crippen LogP contribution < -0.4 is 10.5 Å². The molecule has 0 saturated heterocycles. The van der Waals surface area contributed by atoms with Crippen LogP contribution in [0.25, 0.3) is 21.7 Å². The third kappa shape index (κ3) is 3.47. The first-order chi connectivity index (χ1) is 14.1. The average Bonchev–Trinajstić information content (AvgIpc) is 2.75. The highest BCUT2D eigenvalue weighted by atomic mass is 16.4. The first-order valence-corrected chi connectivity index (χ1v) is 9.69. The minimum atomic E-state index is -0.616. The lowest BCUT2D eigenvalue weighted by molar-refractivity contribution is 0.467. The van der Waals surface area contributed by atoms with E-state index in [2.05, 4.69) is 23.7 Å². The molecule has 0 atom stereocenters. The van der Waals surface area contributed by atoms with Crippen LogP contribution in [-0.2, 0) is 0 Å². The Hall–Kier alpha value is -3.60. The molecule has 3 aromatic carbocycles. The fourth-order valence-electron chi connectivity index (χ4n) is 3.52. The molecule has 5 heteroatoms. The van der Waals surface area contributed by atoms with Crippen molar-refractivity contribution in [2.45, 2.75) is 13.8 Å². The van der Waals surface area contributed by atoms with Crippen LogP contribution in [0.2, 0.25) is 0 Å². The summed E-state index contributed by atoms with van der Waals surface area (Å²) in [5.74, 6) is -0.120. The van der Waals surface area contributed by atoms with E-state index in [1.54, 1.807) is 6.07 Å². The van der Waals surface area contributed by atoms with Crippen molar-refractivity contribution < 1.29 is 9.52 Å². The van der Waals surface area contributed by atoms with Gasteiger partial charge >= 0.3 is 5.63 Å². The van der Waals surface area contributed by atoms with Crippen molar-refractivity contribution in [2.75, 3.05) is 18.0 Å². The molecule has 0 aliphatic rings. The van der Waals surface area contributed by atoms with E-state index in [1.165, 1.54) is 6.21 Å². The van der Waals surface area contributed by atoms with E-state index < -0.39 is 5.63 Å². The topological polar surface area (TPSA) is 66.0 Å². The minimum absolute atomic E-state index is 0.0422. The van der Waals surface area contributed by atoms with E-state index in [-0.39, 0.29) is 11.3 Å².